The number of rotatable bonds is 11. The third-order valence-electron chi connectivity index (χ3n) is 7.10. The van der Waals surface area contributed by atoms with Gasteiger partial charge in [0.05, 0.1) is 25.8 Å². The van der Waals surface area contributed by atoms with E-state index < -0.39 is 6.10 Å². The van der Waals surface area contributed by atoms with E-state index >= 15 is 0 Å². The third kappa shape index (κ3) is 6.67. The molecule has 1 aromatic heterocycles. The van der Waals surface area contributed by atoms with E-state index in [0.717, 1.165) is 66.2 Å². The fraction of sp³-hybridized carbons (Fsp3) is 0.464. The fourth-order valence-electron chi connectivity index (χ4n) is 5.00. The highest BCUT2D eigenvalue weighted by Gasteiger charge is 2.29. The van der Waals surface area contributed by atoms with E-state index in [-0.39, 0.29) is 12.5 Å². The summed E-state index contributed by atoms with van der Waals surface area (Å²) in [6, 6.07) is 15.8. The normalized spacial score (nSPS) is 19.5. The summed E-state index contributed by atoms with van der Waals surface area (Å²) in [4.78, 5) is 8.13. The van der Waals surface area contributed by atoms with Gasteiger partial charge < -0.3 is 24.6 Å². The van der Waals surface area contributed by atoms with Gasteiger partial charge in [-0.05, 0) is 91.7 Å². The first-order chi connectivity index (χ1) is 17.1. The first-order valence-corrected chi connectivity index (χ1v) is 13.3. The van der Waals surface area contributed by atoms with Crippen LogP contribution in [0.4, 0.5) is 0 Å². The van der Waals surface area contributed by atoms with E-state index in [4.69, 9.17) is 9.47 Å². The smallest absolute Gasteiger partial charge is 0.119 e. The number of hydrogen-bond donors (Lipinski definition) is 2. The number of thioether (sulfide) groups is 1. The summed E-state index contributed by atoms with van der Waals surface area (Å²) in [6.07, 6.45) is 3.81. The van der Waals surface area contributed by atoms with E-state index in [1.54, 1.807) is 20.4 Å². The van der Waals surface area contributed by atoms with E-state index in [1.165, 1.54) is 4.90 Å². The van der Waals surface area contributed by atoms with E-state index in [9.17, 15) is 10.2 Å². The first kappa shape index (κ1) is 25.8. The Labute approximate surface area is 212 Å². The number of aliphatic hydroxyl groups excluding tert-OH is 2. The average Bonchev–Trinajstić information content (AvgIpc) is 2.91. The van der Waals surface area contributed by atoms with Gasteiger partial charge in [0.1, 0.15) is 11.5 Å². The second-order valence-electron chi connectivity index (χ2n) is 9.19. The van der Waals surface area contributed by atoms with Crippen molar-refractivity contribution < 1.29 is 19.7 Å². The Morgan fingerprint density at radius 2 is 1.83 bits per heavy atom. The largest absolute Gasteiger partial charge is 0.497 e. The number of likely N-dealkylation sites (tertiary alicyclic amines) is 1. The maximum absolute atomic E-state index is 11.0. The molecule has 0 radical (unpaired) electrons. The predicted molar refractivity (Wildman–Crippen MR) is 141 cm³/mol. The second-order valence-corrected chi connectivity index (χ2v) is 10.4. The number of aromatic nitrogens is 1. The van der Waals surface area contributed by atoms with Crippen LogP contribution >= 0.6 is 11.8 Å². The number of hydrogen-bond acceptors (Lipinski definition) is 7. The molecule has 4 rings (SSSR count). The molecule has 3 aromatic rings. The molecule has 2 heterocycles. The van der Waals surface area contributed by atoms with Gasteiger partial charge in [-0.15, -0.1) is 11.8 Å². The Balaban J connectivity index is 1.28. The molecule has 0 aliphatic carbocycles. The second kappa shape index (κ2) is 12.6. The molecule has 7 heteroatoms. The van der Waals surface area contributed by atoms with Crippen molar-refractivity contribution in [1.29, 1.82) is 0 Å². The number of pyridine rings is 1. The number of nitrogens with zero attached hydrogens (tertiary/aromatic N) is 2. The molecule has 0 saturated carbocycles. The SMILES string of the molecule is COc1ccc(SCCN2CC[C@@H](CC[C@@H](O)c3ccnc4ccc(OC)cc34)[C@@H](CO)C2)cc1. The van der Waals surface area contributed by atoms with Crippen molar-refractivity contribution in [2.24, 2.45) is 11.8 Å². The van der Waals surface area contributed by atoms with Gasteiger partial charge in [-0.25, -0.2) is 0 Å². The van der Waals surface area contributed by atoms with Crippen molar-refractivity contribution in [3.8, 4) is 11.5 Å². The Morgan fingerprint density at radius 1 is 1.06 bits per heavy atom. The van der Waals surface area contributed by atoms with Crippen molar-refractivity contribution in [1.82, 2.24) is 9.88 Å². The highest BCUT2D eigenvalue weighted by Crippen LogP contribution is 2.33. The van der Waals surface area contributed by atoms with Crippen LogP contribution in [-0.2, 0) is 0 Å². The lowest BCUT2D eigenvalue weighted by atomic mass is 9.81. The average molecular weight is 497 g/mol. The summed E-state index contributed by atoms with van der Waals surface area (Å²) >= 11 is 1.85. The van der Waals surface area contributed by atoms with Gasteiger partial charge in [-0.2, -0.15) is 0 Å². The molecule has 1 saturated heterocycles. The predicted octanol–water partition coefficient (Wildman–Crippen LogP) is 4.79. The molecule has 2 aromatic carbocycles. The van der Waals surface area contributed by atoms with Gasteiger partial charge in [-0.1, -0.05) is 0 Å². The summed E-state index contributed by atoms with van der Waals surface area (Å²) in [5.74, 6) is 3.33. The molecule has 188 valence electrons. The van der Waals surface area contributed by atoms with Crippen LogP contribution in [0.25, 0.3) is 10.9 Å². The summed E-state index contributed by atoms with van der Waals surface area (Å²) < 4.78 is 10.6. The first-order valence-electron chi connectivity index (χ1n) is 12.3. The Bertz CT molecular complexity index is 1080. The van der Waals surface area contributed by atoms with Crippen molar-refractivity contribution in [3.05, 3.63) is 60.3 Å². The number of ether oxygens (including phenoxy) is 2. The minimum absolute atomic E-state index is 0.193. The molecule has 1 aliphatic rings. The van der Waals surface area contributed by atoms with Crippen LogP contribution in [0.1, 0.15) is 30.9 Å². The minimum Gasteiger partial charge on any atom is -0.497 e. The maximum Gasteiger partial charge on any atom is 0.119 e. The standard InChI is InChI=1S/C28H36N2O4S/c1-33-22-4-7-24(8-5-22)35-16-15-30-14-12-20(21(18-30)19-31)3-10-28(32)25-11-13-29-27-9-6-23(34-2)17-26(25)27/h4-9,11,13,17,20-21,28,31-32H,3,10,12,14-16,18-19H2,1-2H3/t20-,21-,28-/m1/s1. The summed E-state index contributed by atoms with van der Waals surface area (Å²) in [5, 5.41) is 22.0. The van der Waals surface area contributed by atoms with Crippen molar-refractivity contribution in [2.75, 3.05) is 46.2 Å². The highest BCUT2D eigenvalue weighted by molar-refractivity contribution is 7.99. The van der Waals surface area contributed by atoms with Gasteiger partial charge in [0, 0.05) is 41.9 Å². The van der Waals surface area contributed by atoms with Crippen molar-refractivity contribution >= 4 is 22.7 Å². The fourth-order valence-corrected chi connectivity index (χ4v) is 5.92. The van der Waals surface area contributed by atoms with Gasteiger partial charge in [0.15, 0.2) is 0 Å². The van der Waals surface area contributed by atoms with Gasteiger partial charge in [-0.3, -0.25) is 4.98 Å². The lowest BCUT2D eigenvalue weighted by Crippen LogP contribution is -2.43. The molecule has 3 atom stereocenters. The van der Waals surface area contributed by atoms with Gasteiger partial charge in [0.2, 0.25) is 0 Å². The topological polar surface area (TPSA) is 75.1 Å². The number of fused-ring (bicyclic) bond motifs is 1. The molecule has 1 aliphatic heterocycles. The molecular weight excluding hydrogens is 460 g/mol. The van der Waals surface area contributed by atoms with Crippen LogP contribution in [-0.4, -0.2) is 66.3 Å². The summed E-state index contributed by atoms with van der Waals surface area (Å²) in [7, 11) is 3.33. The maximum atomic E-state index is 11.0. The third-order valence-corrected chi connectivity index (χ3v) is 8.09. The molecular formula is C28H36N2O4S. The molecule has 0 amide bonds. The lowest BCUT2D eigenvalue weighted by molar-refractivity contribution is 0.0608. The van der Waals surface area contributed by atoms with E-state index in [1.807, 2.05) is 48.2 Å². The van der Waals surface area contributed by atoms with Gasteiger partial charge in [0.25, 0.3) is 0 Å². The number of benzene rings is 2. The lowest BCUT2D eigenvalue weighted by Gasteiger charge is -2.38. The number of methoxy groups -OCH3 is 2. The van der Waals surface area contributed by atoms with Crippen LogP contribution < -0.4 is 9.47 Å². The zero-order valence-corrected chi connectivity index (χ0v) is 21.4. The zero-order valence-electron chi connectivity index (χ0n) is 20.6. The highest BCUT2D eigenvalue weighted by atomic mass is 32.2. The van der Waals surface area contributed by atoms with Crippen molar-refractivity contribution in [2.45, 2.75) is 30.3 Å². The molecule has 2 N–H and O–H groups in total. The minimum atomic E-state index is -0.564. The molecule has 0 unspecified atom stereocenters. The molecule has 0 spiro atoms. The van der Waals surface area contributed by atoms with E-state index in [0.29, 0.717) is 12.3 Å². The zero-order chi connectivity index (χ0) is 24.6. The van der Waals surface area contributed by atoms with Crippen molar-refractivity contribution in [3.63, 3.8) is 0 Å². The van der Waals surface area contributed by atoms with Gasteiger partial charge >= 0.3 is 0 Å². The summed E-state index contributed by atoms with van der Waals surface area (Å²) in [5.41, 5.74) is 1.75. The van der Waals surface area contributed by atoms with Crippen LogP contribution in [0, 0.1) is 11.8 Å². The monoisotopic (exact) mass is 496 g/mol. The van der Waals surface area contributed by atoms with Crippen LogP contribution in [0.3, 0.4) is 0 Å². The quantitative estimate of drug-likeness (QED) is 0.370. The molecule has 0 bridgehead atoms. The molecule has 1 fully saturated rings. The molecule has 35 heavy (non-hydrogen) atoms. The Morgan fingerprint density at radius 3 is 2.57 bits per heavy atom. The molecule has 6 nitrogen and oxygen atoms in total. The van der Waals surface area contributed by atoms with Crippen LogP contribution in [0.5, 0.6) is 11.5 Å². The van der Waals surface area contributed by atoms with Crippen LogP contribution in [0.15, 0.2) is 59.6 Å². The number of piperidine rings is 1. The Kier molecular flexibility index (Phi) is 9.26. The van der Waals surface area contributed by atoms with E-state index in [2.05, 4.69) is 22.0 Å². The Hall–Kier alpha value is -2.32. The van der Waals surface area contributed by atoms with Crippen LogP contribution in [0.2, 0.25) is 0 Å². The summed E-state index contributed by atoms with van der Waals surface area (Å²) in [6.45, 7) is 3.15. The number of aliphatic hydroxyl groups is 2.